The van der Waals surface area contributed by atoms with Crippen LogP contribution in [0.2, 0.25) is 0 Å². The number of nitrogens with two attached hydrogens (primary N) is 1. The largest absolute Gasteiger partial charge is 0.399 e. The predicted molar refractivity (Wildman–Crippen MR) is 66.8 cm³/mol. The molecule has 3 N–H and O–H groups in total. The van der Waals surface area contributed by atoms with Gasteiger partial charge in [-0.05, 0) is 37.5 Å². The van der Waals surface area contributed by atoms with Gasteiger partial charge < -0.3 is 11.1 Å². The van der Waals surface area contributed by atoms with E-state index in [4.69, 9.17) is 5.73 Å². The van der Waals surface area contributed by atoms with Crippen molar-refractivity contribution in [1.82, 2.24) is 5.32 Å². The minimum absolute atomic E-state index is 0.399. The van der Waals surface area contributed by atoms with E-state index < -0.39 is 0 Å². The molecule has 0 aliphatic carbocycles. The van der Waals surface area contributed by atoms with E-state index in [-0.39, 0.29) is 0 Å². The molecule has 0 saturated heterocycles. The maximum atomic E-state index is 5.66. The van der Waals surface area contributed by atoms with Crippen molar-refractivity contribution in [3.05, 3.63) is 29.8 Å². The Labute approximate surface area is 92.9 Å². The summed E-state index contributed by atoms with van der Waals surface area (Å²) in [4.78, 5) is 0. The molecular weight excluding hydrogens is 184 g/mol. The fourth-order valence-electron chi connectivity index (χ4n) is 1.76. The number of hydrogen-bond donors (Lipinski definition) is 2. The molecule has 1 atom stereocenters. The highest BCUT2D eigenvalue weighted by atomic mass is 14.9. The molecule has 0 spiro atoms. The molecule has 0 radical (unpaired) electrons. The molecule has 0 aromatic heterocycles. The van der Waals surface area contributed by atoms with Crippen LogP contribution in [0.15, 0.2) is 24.3 Å². The number of anilines is 1. The second-order valence-corrected chi connectivity index (χ2v) is 4.07. The van der Waals surface area contributed by atoms with Gasteiger partial charge >= 0.3 is 0 Å². The van der Waals surface area contributed by atoms with Gasteiger partial charge in [0.1, 0.15) is 0 Å². The van der Waals surface area contributed by atoms with Crippen molar-refractivity contribution in [2.75, 3.05) is 5.73 Å². The van der Waals surface area contributed by atoms with E-state index in [1.54, 1.807) is 0 Å². The minimum atomic E-state index is 0.399. The molecule has 15 heavy (non-hydrogen) atoms. The lowest BCUT2D eigenvalue weighted by atomic mass is 10.1. The lowest BCUT2D eigenvalue weighted by molar-refractivity contribution is 0.432. The zero-order valence-corrected chi connectivity index (χ0v) is 9.96. The molecular formula is C13H22N2. The fourth-order valence-corrected chi connectivity index (χ4v) is 1.76. The average Bonchev–Trinajstić information content (AvgIpc) is 2.26. The highest BCUT2D eigenvalue weighted by Gasteiger charge is 2.09. The first-order valence-corrected chi connectivity index (χ1v) is 5.78. The highest BCUT2D eigenvalue weighted by Crippen LogP contribution is 2.15. The first kappa shape index (κ1) is 12.1. The Morgan fingerprint density at radius 2 is 1.67 bits per heavy atom. The van der Waals surface area contributed by atoms with E-state index in [1.807, 2.05) is 12.1 Å². The molecule has 84 valence electrons. The van der Waals surface area contributed by atoms with Gasteiger partial charge in [-0.1, -0.05) is 26.0 Å². The molecule has 1 unspecified atom stereocenters. The third-order valence-corrected chi connectivity index (χ3v) is 2.91. The SMILES string of the molecule is CCC(CC)NC(C)c1ccc(N)cc1. The van der Waals surface area contributed by atoms with Crippen LogP contribution in [0, 0.1) is 0 Å². The monoisotopic (exact) mass is 206 g/mol. The van der Waals surface area contributed by atoms with Crippen molar-refractivity contribution in [2.45, 2.75) is 45.7 Å². The lowest BCUT2D eigenvalue weighted by Gasteiger charge is -2.21. The Hall–Kier alpha value is -1.02. The summed E-state index contributed by atoms with van der Waals surface area (Å²) in [5, 5.41) is 3.61. The number of hydrogen-bond acceptors (Lipinski definition) is 2. The van der Waals surface area contributed by atoms with Crippen LogP contribution in [-0.2, 0) is 0 Å². The molecule has 1 aromatic carbocycles. The van der Waals surface area contributed by atoms with E-state index in [9.17, 15) is 0 Å². The molecule has 0 aliphatic rings. The quantitative estimate of drug-likeness (QED) is 0.726. The van der Waals surface area contributed by atoms with Crippen molar-refractivity contribution in [3.8, 4) is 0 Å². The van der Waals surface area contributed by atoms with Gasteiger partial charge in [-0.25, -0.2) is 0 Å². The smallest absolute Gasteiger partial charge is 0.0314 e. The maximum absolute atomic E-state index is 5.66. The van der Waals surface area contributed by atoms with Gasteiger partial charge in [-0.15, -0.1) is 0 Å². The Balaban J connectivity index is 2.60. The Morgan fingerprint density at radius 3 is 2.13 bits per heavy atom. The van der Waals surface area contributed by atoms with Gasteiger partial charge in [0.15, 0.2) is 0 Å². The van der Waals surface area contributed by atoms with Gasteiger partial charge in [-0.3, -0.25) is 0 Å². The first-order valence-electron chi connectivity index (χ1n) is 5.78. The summed E-state index contributed by atoms with van der Waals surface area (Å²) < 4.78 is 0. The molecule has 2 nitrogen and oxygen atoms in total. The lowest BCUT2D eigenvalue weighted by Crippen LogP contribution is -2.30. The molecule has 0 bridgehead atoms. The number of nitrogens with one attached hydrogen (secondary N) is 1. The number of benzene rings is 1. The molecule has 0 saturated carbocycles. The second kappa shape index (κ2) is 5.76. The van der Waals surface area contributed by atoms with Crippen molar-refractivity contribution in [1.29, 1.82) is 0 Å². The third-order valence-electron chi connectivity index (χ3n) is 2.91. The molecule has 0 amide bonds. The summed E-state index contributed by atoms with van der Waals surface area (Å²) in [7, 11) is 0. The van der Waals surface area contributed by atoms with Gasteiger partial charge in [0.25, 0.3) is 0 Å². The van der Waals surface area contributed by atoms with E-state index in [1.165, 1.54) is 18.4 Å². The third kappa shape index (κ3) is 3.56. The highest BCUT2D eigenvalue weighted by molar-refractivity contribution is 5.40. The molecule has 0 aliphatic heterocycles. The minimum Gasteiger partial charge on any atom is -0.399 e. The number of rotatable bonds is 5. The zero-order chi connectivity index (χ0) is 11.3. The van der Waals surface area contributed by atoms with E-state index in [2.05, 4.69) is 38.2 Å². The summed E-state index contributed by atoms with van der Waals surface area (Å²) in [5.74, 6) is 0. The van der Waals surface area contributed by atoms with Crippen LogP contribution < -0.4 is 11.1 Å². The first-order chi connectivity index (χ1) is 7.17. The topological polar surface area (TPSA) is 38.0 Å². The van der Waals surface area contributed by atoms with Crippen LogP contribution >= 0.6 is 0 Å². The van der Waals surface area contributed by atoms with E-state index in [0.29, 0.717) is 12.1 Å². The van der Waals surface area contributed by atoms with Crippen LogP contribution in [0.25, 0.3) is 0 Å². The van der Waals surface area contributed by atoms with Crippen molar-refractivity contribution in [3.63, 3.8) is 0 Å². The van der Waals surface area contributed by atoms with Crippen molar-refractivity contribution >= 4 is 5.69 Å². The Kier molecular flexibility index (Phi) is 4.63. The standard InChI is InChI=1S/C13H22N2/c1-4-13(5-2)15-10(3)11-6-8-12(14)9-7-11/h6-10,13,15H,4-5,14H2,1-3H3. The Morgan fingerprint density at radius 1 is 1.13 bits per heavy atom. The van der Waals surface area contributed by atoms with Crippen LogP contribution in [0.5, 0.6) is 0 Å². The molecule has 0 heterocycles. The summed E-state index contributed by atoms with van der Waals surface area (Å²) in [6.07, 6.45) is 2.35. The molecule has 0 fully saturated rings. The summed E-state index contributed by atoms with van der Waals surface area (Å²) >= 11 is 0. The fraction of sp³-hybridized carbons (Fsp3) is 0.538. The molecule has 1 rings (SSSR count). The zero-order valence-electron chi connectivity index (χ0n) is 9.96. The second-order valence-electron chi connectivity index (χ2n) is 4.07. The van der Waals surface area contributed by atoms with Gasteiger partial charge in [-0.2, -0.15) is 0 Å². The van der Waals surface area contributed by atoms with Crippen molar-refractivity contribution < 1.29 is 0 Å². The number of nitrogen functional groups attached to an aromatic ring is 1. The normalized spacial score (nSPS) is 13.1. The van der Waals surface area contributed by atoms with Crippen molar-refractivity contribution in [2.24, 2.45) is 0 Å². The van der Waals surface area contributed by atoms with E-state index in [0.717, 1.165) is 5.69 Å². The van der Waals surface area contributed by atoms with Crippen LogP contribution in [0.4, 0.5) is 5.69 Å². The van der Waals surface area contributed by atoms with Crippen LogP contribution in [0.1, 0.15) is 45.2 Å². The van der Waals surface area contributed by atoms with Gasteiger partial charge in [0.05, 0.1) is 0 Å². The van der Waals surface area contributed by atoms with Crippen LogP contribution in [0.3, 0.4) is 0 Å². The van der Waals surface area contributed by atoms with E-state index >= 15 is 0 Å². The maximum Gasteiger partial charge on any atom is 0.0314 e. The predicted octanol–water partition coefficient (Wildman–Crippen LogP) is 3.11. The summed E-state index contributed by atoms with van der Waals surface area (Å²) in [5.41, 5.74) is 7.79. The van der Waals surface area contributed by atoms with Gasteiger partial charge in [0.2, 0.25) is 0 Å². The Bertz CT molecular complexity index is 275. The molecule has 2 heteroatoms. The average molecular weight is 206 g/mol. The summed E-state index contributed by atoms with van der Waals surface area (Å²) in [6.45, 7) is 6.64. The van der Waals surface area contributed by atoms with Crippen LogP contribution in [-0.4, -0.2) is 6.04 Å². The summed E-state index contributed by atoms with van der Waals surface area (Å²) in [6, 6.07) is 9.11. The molecule has 1 aromatic rings. The van der Waals surface area contributed by atoms with Gasteiger partial charge in [0, 0.05) is 17.8 Å².